The van der Waals surface area contributed by atoms with Gasteiger partial charge >= 0.3 is 0 Å². The highest BCUT2D eigenvalue weighted by atomic mass is 16.3. The minimum atomic E-state index is -0.0429. The van der Waals surface area contributed by atoms with Crippen LogP contribution in [0, 0.1) is 11.3 Å². The number of nitrogens with zero attached hydrogens (tertiary/aromatic N) is 1. The molecule has 1 heterocycles. The van der Waals surface area contributed by atoms with Crippen molar-refractivity contribution in [2.24, 2.45) is 17.1 Å². The quantitative estimate of drug-likeness (QED) is 0.736. The molecule has 1 saturated heterocycles. The van der Waals surface area contributed by atoms with E-state index < -0.39 is 0 Å². The molecule has 2 atom stereocenters. The molecule has 3 nitrogen and oxygen atoms in total. The molecule has 1 aliphatic heterocycles. The third-order valence-corrected chi connectivity index (χ3v) is 3.55. The van der Waals surface area contributed by atoms with Crippen molar-refractivity contribution in [3.63, 3.8) is 0 Å². The van der Waals surface area contributed by atoms with Gasteiger partial charge in [-0.1, -0.05) is 20.8 Å². The van der Waals surface area contributed by atoms with Crippen LogP contribution in [0.25, 0.3) is 0 Å². The van der Waals surface area contributed by atoms with E-state index in [0.717, 1.165) is 18.9 Å². The predicted molar refractivity (Wildman–Crippen MR) is 63.7 cm³/mol. The predicted octanol–water partition coefficient (Wildman–Crippen LogP) is 1.06. The van der Waals surface area contributed by atoms with Gasteiger partial charge in [0.2, 0.25) is 0 Å². The third-order valence-electron chi connectivity index (χ3n) is 3.55. The Morgan fingerprint density at radius 1 is 1.47 bits per heavy atom. The Labute approximate surface area is 93.6 Å². The first-order valence-electron chi connectivity index (χ1n) is 6.02. The zero-order valence-corrected chi connectivity index (χ0v) is 10.4. The Kier molecular flexibility index (Phi) is 4.56. The summed E-state index contributed by atoms with van der Waals surface area (Å²) in [6.45, 7) is 10.5. The zero-order valence-electron chi connectivity index (χ0n) is 10.4. The minimum Gasteiger partial charge on any atom is -0.395 e. The van der Waals surface area contributed by atoms with E-state index in [1.54, 1.807) is 0 Å². The lowest BCUT2D eigenvalue weighted by Gasteiger charge is -2.27. The number of hydrogen-bond acceptors (Lipinski definition) is 3. The summed E-state index contributed by atoms with van der Waals surface area (Å²) in [5.41, 5.74) is 6.12. The van der Waals surface area contributed by atoms with Gasteiger partial charge in [0.25, 0.3) is 0 Å². The molecule has 3 N–H and O–H groups in total. The SMILES string of the molecule is CC(C)(C)C1CCN(CCC(N)CO)C1. The molecule has 0 aliphatic carbocycles. The second-order valence-corrected chi connectivity index (χ2v) is 5.88. The highest BCUT2D eigenvalue weighted by Crippen LogP contribution is 2.33. The molecule has 0 saturated carbocycles. The molecule has 15 heavy (non-hydrogen) atoms. The lowest BCUT2D eigenvalue weighted by molar-refractivity contribution is 0.214. The lowest BCUT2D eigenvalue weighted by Crippen LogP contribution is -2.32. The van der Waals surface area contributed by atoms with Gasteiger partial charge in [-0.25, -0.2) is 0 Å². The summed E-state index contributed by atoms with van der Waals surface area (Å²) in [6, 6.07) is -0.0429. The van der Waals surface area contributed by atoms with Crippen LogP contribution < -0.4 is 5.73 Å². The van der Waals surface area contributed by atoms with Crippen molar-refractivity contribution in [1.82, 2.24) is 4.90 Å². The number of rotatable bonds is 4. The lowest BCUT2D eigenvalue weighted by atomic mass is 9.80. The summed E-state index contributed by atoms with van der Waals surface area (Å²) in [4.78, 5) is 2.48. The summed E-state index contributed by atoms with van der Waals surface area (Å²) in [5.74, 6) is 0.808. The maximum atomic E-state index is 8.85. The maximum absolute atomic E-state index is 8.85. The second kappa shape index (κ2) is 5.28. The van der Waals surface area contributed by atoms with E-state index in [1.807, 2.05) is 0 Å². The molecule has 0 spiro atoms. The third kappa shape index (κ3) is 4.09. The Balaban J connectivity index is 2.25. The highest BCUT2D eigenvalue weighted by Gasteiger charge is 2.31. The maximum Gasteiger partial charge on any atom is 0.0583 e. The van der Waals surface area contributed by atoms with Crippen LogP contribution in [0.2, 0.25) is 0 Å². The number of aliphatic hydroxyl groups is 1. The van der Waals surface area contributed by atoms with Crippen molar-refractivity contribution in [2.45, 2.75) is 39.7 Å². The Morgan fingerprint density at radius 3 is 2.60 bits per heavy atom. The van der Waals surface area contributed by atoms with Crippen LogP contribution in [0.15, 0.2) is 0 Å². The average molecular weight is 214 g/mol. The van der Waals surface area contributed by atoms with E-state index in [9.17, 15) is 0 Å². The molecule has 0 aromatic heterocycles. The molecule has 1 aliphatic rings. The molecule has 0 bridgehead atoms. The van der Waals surface area contributed by atoms with Gasteiger partial charge in [0, 0.05) is 12.6 Å². The van der Waals surface area contributed by atoms with Crippen LogP contribution in [0.1, 0.15) is 33.6 Å². The molecular weight excluding hydrogens is 188 g/mol. The normalized spacial score (nSPS) is 25.8. The smallest absolute Gasteiger partial charge is 0.0583 e. The molecular formula is C12H26N2O. The number of likely N-dealkylation sites (tertiary alicyclic amines) is 1. The monoisotopic (exact) mass is 214 g/mol. The fourth-order valence-electron chi connectivity index (χ4n) is 2.18. The standard InChI is InChI=1S/C12H26N2O/c1-12(2,3)10-4-6-14(8-10)7-5-11(13)9-15/h10-11,15H,4-9,13H2,1-3H3. The van der Waals surface area contributed by atoms with Crippen LogP contribution in [0.3, 0.4) is 0 Å². The van der Waals surface area contributed by atoms with Gasteiger partial charge in [-0.05, 0) is 37.3 Å². The van der Waals surface area contributed by atoms with Crippen LogP contribution in [0.5, 0.6) is 0 Å². The van der Waals surface area contributed by atoms with Crippen LogP contribution in [-0.2, 0) is 0 Å². The second-order valence-electron chi connectivity index (χ2n) is 5.88. The Hall–Kier alpha value is -0.120. The molecule has 1 fully saturated rings. The fraction of sp³-hybridized carbons (Fsp3) is 1.00. The number of nitrogens with two attached hydrogens (primary N) is 1. The van der Waals surface area contributed by atoms with E-state index in [2.05, 4.69) is 25.7 Å². The molecule has 0 aromatic carbocycles. The van der Waals surface area contributed by atoms with Gasteiger partial charge in [0.15, 0.2) is 0 Å². The average Bonchev–Trinajstić information content (AvgIpc) is 2.61. The van der Waals surface area contributed by atoms with Crippen LogP contribution in [-0.4, -0.2) is 42.3 Å². The highest BCUT2D eigenvalue weighted by molar-refractivity contribution is 4.84. The summed E-state index contributed by atoms with van der Waals surface area (Å²) in [7, 11) is 0. The first-order chi connectivity index (χ1) is 6.93. The van der Waals surface area contributed by atoms with Crippen molar-refractivity contribution in [2.75, 3.05) is 26.2 Å². The molecule has 2 unspecified atom stereocenters. The van der Waals surface area contributed by atoms with Gasteiger partial charge in [-0.3, -0.25) is 0 Å². The first-order valence-corrected chi connectivity index (χ1v) is 6.02. The first kappa shape index (κ1) is 12.9. The fourth-order valence-corrected chi connectivity index (χ4v) is 2.18. The van der Waals surface area contributed by atoms with E-state index in [-0.39, 0.29) is 12.6 Å². The van der Waals surface area contributed by atoms with Gasteiger partial charge < -0.3 is 15.7 Å². The topological polar surface area (TPSA) is 49.5 Å². The van der Waals surface area contributed by atoms with Gasteiger partial charge in [0.05, 0.1) is 6.61 Å². The summed E-state index contributed by atoms with van der Waals surface area (Å²) >= 11 is 0. The van der Waals surface area contributed by atoms with Crippen molar-refractivity contribution < 1.29 is 5.11 Å². The Bertz CT molecular complexity index is 189. The van der Waals surface area contributed by atoms with E-state index >= 15 is 0 Å². The zero-order chi connectivity index (χ0) is 11.5. The van der Waals surface area contributed by atoms with Crippen LogP contribution in [0.4, 0.5) is 0 Å². The van der Waals surface area contributed by atoms with Gasteiger partial charge in [-0.2, -0.15) is 0 Å². The van der Waals surface area contributed by atoms with Gasteiger partial charge in [0.1, 0.15) is 0 Å². The van der Waals surface area contributed by atoms with Gasteiger partial charge in [-0.15, -0.1) is 0 Å². The summed E-state index contributed by atoms with van der Waals surface area (Å²) in [5, 5.41) is 8.85. The molecule has 90 valence electrons. The number of aliphatic hydroxyl groups excluding tert-OH is 1. The molecule has 0 radical (unpaired) electrons. The molecule has 0 aromatic rings. The minimum absolute atomic E-state index is 0.0429. The van der Waals surface area contributed by atoms with Crippen molar-refractivity contribution >= 4 is 0 Å². The molecule has 1 rings (SSSR count). The Morgan fingerprint density at radius 2 is 2.13 bits per heavy atom. The summed E-state index contributed by atoms with van der Waals surface area (Å²) < 4.78 is 0. The van der Waals surface area contributed by atoms with Crippen molar-refractivity contribution in [3.05, 3.63) is 0 Å². The van der Waals surface area contributed by atoms with E-state index in [1.165, 1.54) is 19.5 Å². The number of hydrogen-bond donors (Lipinski definition) is 2. The van der Waals surface area contributed by atoms with E-state index in [0.29, 0.717) is 5.41 Å². The van der Waals surface area contributed by atoms with Crippen molar-refractivity contribution in [1.29, 1.82) is 0 Å². The molecule has 3 heteroatoms. The largest absolute Gasteiger partial charge is 0.395 e. The van der Waals surface area contributed by atoms with Crippen LogP contribution >= 0.6 is 0 Å². The van der Waals surface area contributed by atoms with E-state index in [4.69, 9.17) is 10.8 Å². The van der Waals surface area contributed by atoms with Crippen molar-refractivity contribution in [3.8, 4) is 0 Å². The summed E-state index contributed by atoms with van der Waals surface area (Å²) in [6.07, 6.45) is 2.21. The molecule has 0 amide bonds.